The normalized spacial score (nSPS) is 11.8. The summed E-state index contributed by atoms with van der Waals surface area (Å²) < 4.78 is 27.9. The number of carbonyl (C=O) groups is 1. The second-order valence-corrected chi connectivity index (χ2v) is 10.7. The number of para-hydroxylation sites is 2. The Bertz CT molecular complexity index is 1330. The second-order valence-electron chi connectivity index (χ2n) is 6.97. The van der Waals surface area contributed by atoms with Crippen LogP contribution in [0, 0.1) is 0 Å². The highest BCUT2D eigenvalue weighted by atomic mass is 32.2. The minimum absolute atomic E-state index is 0.00766. The van der Waals surface area contributed by atoms with Crippen LogP contribution in [0.4, 0.5) is 5.13 Å². The molecule has 0 spiro atoms. The van der Waals surface area contributed by atoms with Crippen LogP contribution in [0.3, 0.4) is 0 Å². The molecule has 160 valence electrons. The number of rotatable bonds is 7. The van der Waals surface area contributed by atoms with Gasteiger partial charge in [0, 0.05) is 5.92 Å². The number of benzene rings is 2. The van der Waals surface area contributed by atoms with Crippen LogP contribution in [0.1, 0.15) is 24.8 Å². The average molecular weight is 475 g/mol. The lowest BCUT2D eigenvalue weighted by atomic mass is 10.2. The van der Waals surface area contributed by atoms with Gasteiger partial charge in [0.25, 0.3) is 0 Å². The van der Waals surface area contributed by atoms with Crippen molar-refractivity contribution < 1.29 is 17.2 Å². The van der Waals surface area contributed by atoms with Gasteiger partial charge in [0.05, 0.1) is 5.75 Å². The number of fused-ring (bicyclic) bond motifs is 1. The SMILES string of the molecule is CC(C)c1nnc(NC(=O)CSc2[nH]c3ccccc3[n+]2S(=O)(=O)c2ccccc2)s1. The van der Waals surface area contributed by atoms with Crippen LogP contribution in [-0.2, 0) is 14.8 Å². The summed E-state index contributed by atoms with van der Waals surface area (Å²) in [5.74, 6) is -0.0573. The van der Waals surface area contributed by atoms with Gasteiger partial charge in [-0.15, -0.1) is 14.2 Å². The number of aromatic amines is 1. The lowest BCUT2D eigenvalue weighted by Gasteiger charge is -2.04. The van der Waals surface area contributed by atoms with E-state index in [0.717, 1.165) is 16.8 Å². The summed E-state index contributed by atoms with van der Waals surface area (Å²) in [5, 5.41) is 12.4. The third-order valence-corrected chi connectivity index (χ3v) is 8.30. The van der Waals surface area contributed by atoms with Gasteiger partial charge in [-0.05, 0) is 36.0 Å². The predicted octanol–water partition coefficient (Wildman–Crippen LogP) is 3.40. The molecule has 0 unspecified atom stereocenters. The Hall–Kier alpha value is -2.76. The maximum atomic E-state index is 13.3. The van der Waals surface area contributed by atoms with Crippen molar-refractivity contribution >= 4 is 55.2 Å². The number of anilines is 1. The van der Waals surface area contributed by atoms with Crippen LogP contribution in [-0.4, -0.2) is 35.3 Å². The van der Waals surface area contributed by atoms with Crippen LogP contribution >= 0.6 is 23.1 Å². The summed E-state index contributed by atoms with van der Waals surface area (Å²) in [6, 6.07) is 15.3. The Morgan fingerprint density at radius 1 is 1.13 bits per heavy atom. The van der Waals surface area contributed by atoms with E-state index in [9.17, 15) is 13.2 Å². The molecule has 31 heavy (non-hydrogen) atoms. The highest BCUT2D eigenvalue weighted by Gasteiger charge is 2.32. The Morgan fingerprint density at radius 3 is 2.55 bits per heavy atom. The second kappa shape index (κ2) is 8.77. The summed E-state index contributed by atoms with van der Waals surface area (Å²) in [7, 11) is -3.85. The molecule has 0 aliphatic carbocycles. The Morgan fingerprint density at radius 2 is 1.84 bits per heavy atom. The van der Waals surface area contributed by atoms with Crippen molar-refractivity contribution in [2.24, 2.45) is 0 Å². The van der Waals surface area contributed by atoms with Gasteiger partial charge in [-0.2, -0.15) is 8.42 Å². The molecule has 0 saturated heterocycles. The van der Waals surface area contributed by atoms with E-state index in [0.29, 0.717) is 21.3 Å². The highest BCUT2D eigenvalue weighted by Crippen LogP contribution is 2.24. The number of nitrogens with zero attached hydrogens (tertiary/aromatic N) is 3. The minimum Gasteiger partial charge on any atom is -0.300 e. The number of nitrogens with one attached hydrogen (secondary N) is 2. The quantitative estimate of drug-likeness (QED) is 0.314. The largest absolute Gasteiger partial charge is 0.336 e. The van der Waals surface area contributed by atoms with E-state index in [1.165, 1.54) is 15.3 Å². The van der Waals surface area contributed by atoms with Crippen molar-refractivity contribution in [3.8, 4) is 0 Å². The molecule has 0 atom stereocenters. The number of hydrogen-bond donors (Lipinski definition) is 2. The van der Waals surface area contributed by atoms with Crippen LogP contribution in [0.5, 0.6) is 0 Å². The van der Waals surface area contributed by atoms with Crippen molar-refractivity contribution in [2.75, 3.05) is 11.1 Å². The Labute approximate surface area is 187 Å². The first-order valence-electron chi connectivity index (χ1n) is 9.45. The van der Waals surface area contributed by atoms with E-state index >= 15 is 0 Å². The lowest BCUT2D eigenvalue weighted by Crippen LogP contribution is -2.44. The third kappa shape index (κ3) is 4.48. The van der Waals surface area contributed by atoms with Crippen molar-refractivity contribution in [1.29, 1.82) is 0 Å². The molecule has 2 N–H and O–H groups in total. The molecule has 0 aliphatic rings. The van der Waals surface area contributed by atoms with Gasteiger partial charge >= 0.3 is 15.2 Å². The molecule has 0 radical (unpaired) electrons. The van der Waals surface area contributed by atoms with E-state index in [-0.39, 0.29) is 22.5 Å². The van der Waals surface area contributed by atoms with Gasteiger partial charge in [0.1, 0.15) is 9.90 Å². The van der Waals surface area contributed by atoms with E-state index in [1.807, 2.05) is 19.9 Å². The van der Waals surface area contributed by atoms with Crippen LogP contribution < -0.4 is 9.29 Å². The number of H-pyrrole nitrogens is 1. The Balaban J connectivity index is 1.60. The molecule has 2 aromatic carbocycles. The fraction of sp³-hybridized carbons (Fsp3) is 0.200. The maximum Gasteiger partial charge on any atom is 0.336 e. The van der Waals surface area contributed by atoms with E-state index < -0.39 is 10.0 Å². The first-order chi connectivity index (χ1) is 14.9. The number of hydrogen-bond acceptors (Lipinski definition) is 7. The standard InChI is InChI=1S/C20H19N5O3S3/c1-13(2)18-23-24-19(30-18)22-17(26)12-29-20-21-15-10-6-7-11-16(15)25(20)31(27,28)14-8-4-3-5-9-14/h3-11,13H,12H2,1-2H3,(H,22,24,26)/p+1. The smallest absolute Gasteiger partial charge is 0.300 e. The molecule has 4 rings (SSSR count). The number of carbonyl (C=O) groups excluding carboxylic acids is 1. The fourth-order valence-corrected chi connectivity index (χ4v) is 6.22. The van der Waals surface area contributed by atoms with E-state index in [1.54, 1.807) is 48.5 Å². The van der Waals surface area contributed by atoms with Crippen molar-refractivity contribution in [3.05, 3.63) is 59.6 Å². The number of thioether (sulfide) groups is 1. The van der Waals surface area contributed by atoms with Crippen LogP contribution in [0.2, 0.25) is 0 Å². The Kier molecular flexibility index (Phi) is 6.08. The highest BCUT2D eigenvalue weighted by molar-refractivity contribution is 8.00. The number of imidazole rings is 1. The van der Waals surface area contributed by atoms with Gasteiger partial charge < -0.3 is 0 Å². The fourth-order valence-electron chi connectivity index (χ4n) is 2.87. The summed E-state index contributed by atoms with van der Waals surface area (Å²) in [5.41, 5.74) is 1.18. The summed E-state index contributed by atoms with van der Waals surface area (Å²) >= 11 is 2.43. The number of amides is 1. The van der Waals surface area contributed by atoms with Crippen molar-refractivity contribution in [2.45, 2.75) is 29.8 Å². The van der Waals surface area contributed by atoms with Crippen LogP contribution in [0.25, 0.3) is 11.0 Å². The first-order valence-corrected chi connectivity index (χ1v) is 12.7. The first kappa shape index (κ1) is 21.5. The van der Waals surface area contributed by atoms with Crippen molar-refractivity contribution in [3.63, 3.8) is 0 Å². The summed E-state index contributed by atoms with van der Waals surface area (Å²) in [6.45, 7) is 4.01. The predicted molar refractivity (Wildman–Crippen MR) is 121 cm³/mol. The zero-order valence-electron chi connectivity index (χ0n) is 16.8. The number of aromatic nitrogens is 4. The zero-order chi connectivity index (χ0) is 22.0. The van der Waals surface area contributed by atoms with Gasteiger partial charge in [-0.25, -0.2) is 4.98 Å². The molecule has 0 fully saturated rings. The molecular formula is C20H20N5O3S3+. The van der Waals surface area contributed by atoms with Crippen molar-refractivity contribution in [1.82, 2.24) is 15.2 Å². The molecule has 11 heteroatoms. The van der Waals surface area contributed by atoms with Gasteiger partial charge in [0.2, 0.25) is 11.0 Å². The molecule has 2 heterocycles. The van der Waals surface area contributed by atoms with E-state index in [4.69, 9.17) is 0 Å². The van der Waals surface area contributed by atoms with Gasteiger partial charge in [-0.1, -0.05) is 55.5 Å². The molecule has 0 bridgehead atoms. The molecule has 0 saturated carbocycles. The van der Waals surface area contributed by atoms with Gasteiger partial charge in [0.15, 0.2) is 11.0 Å². The summed E-state index contributed by atoms with van der Waals surface area (Å²) in [4.78, 5) is 15.7. The maximum absolute atomic E-state index is 13.3. The zero-order valence-corrected chi connectivity index (χ0v) is 19.2. The molecular weight excluding hydrogens is 454 g/mol. The summed E-state index contributed by atoms with van der Waals surface area (Å²) in [6.07, 6.45) is 0. The van der Waals surface area contributed by atoms with Gasteiger partial charge in [-0.3, -0.25) is 10.1 Å². The average Bonchev–Trinajstić information content (AvgIpc) is 3.37. The topological polar surface area (TPSA) is 109 Å². The molecule has 8 nitrogen and oxygen atoms in total. The minimum atomic E-state index is -3.85. The molecule has 4 aromatic rings. The monoisotopic (exact) mass is 474 g/mol. The van der Waals surface area contributed by atoms with Crippen LogP contribution in [0.15, 0.2) is 64.6 Å². The molecule has 2 aromatic heterocycles. The third-order valence-electron chi connectivity index (χ3n) is 4.35. The lowest BCUT2D eigenvalue weighted by molar-refractivity contribution is -0.526. The molecule has 0 aliphatic heterocycles. The molecule has 1 amide bonds. The van der Waals surface area contributed by atoms with E-state index in [2.05, 4.69) is 20.5 Å².